The van der Waals surface area contributed by atoms with Gasteiger partial charge in [-0.2, -0.15) is 13.2 Å². The fourth-order valence-corrected chi connectivity index (χ4v) is 1.90. The number of alkyl halides is 3. The molecule has 1 unspecified atom stereocenters. The van der Waals surface area contributed by atoms with Gasteiger partial charge in [0.25, 0.3) is 5.91 Å². The summed E-state index contributed by atoms with van der Waals surface area (Å²) < 4.78 is 36.5. The molecule has 2 N–H and O–H groups in total. The van der Waals surface area contributed by atoms with Crippen LogP contribution in [0.1, 0.15) is 23.7 Å². The van der Waals surface area contributed by atoms with Crippen molar-refractivity contribution in [1.82, 2.24) is 10.3 Å². The average Bonchev–Trinajstić information content (AvgIpc) is 2.72. The lowest BCUT2D eigenvalue weighted by Gasteiger charge is -2.15. The van der Waals surface area contributed by atoms with Crippen molar-refractivity contribution in [3.8, 4) is 0 Å². The number of hydrogen-bond donors (Lipinski definition) is 2. The molecular formula is C13H13F3N2O. The van der Waals surface area contributed by atoms with E-state index in [1.807, 2.05) is 0 Å². The van der Waals surface area contributed by atoms with Crippen LogP contribution in [0.5, 0.6) is 0 Å². The second-order valence-electron chi connectivity index (χ2n) is 4.47. The number of hydrogen-bond acceptors (Lipinski definition) is 1. The normalized spacial score (nSPS) is 13.5. The molecule has 3 nitrogen and oxygen atoms in total. The fraction of sp³-hybridized carbons (Fsp3) is 0.308. The highest BCUT2D eigenvalue weighted by molar-refractivity contribution is 5.98. The van der Waals surface area contributed by atoms with Crippen molar-refractivity contribution in [3.05, 3.63) is 36.0 Å². The summed E-state index contributed by atoms with van der Waals surface area (Å²) in [4.78, 5) is 14.8. The number of H-pyrrole nitrogens is 1. The molecule has 1 aromatic carbocycles. The molecule has 0 aliphatic carbocycles. The minimum Gasteiger partial charge on any atom is -0.361 e. The predicted molar refractivity (Wildman–Crippen MR) is 65.9 cm³/mol. The zero-order chi connectivity index (χ0) is 14.0. The van der Waals surface area contributed by atoms with Gasteiger partial charge >= 0.3 is 6.18 Å². The molecule has 19 heavy (non-hydrogen) atoms. The van der Waals surface area contributed by atoms with Crippen molar-refractivity contribution in [2.45, 2.75) is 25.6 Å². The summed E-state index contributed by atoms with van der Waals surface area (Å²) in [6.45, 7) is 1.33. The van der Waals surface area contributed by atoms with Crippen molar-refractivity contribution in [3.63, 3.8) is 0 Å². The first-order valence-corrected chi connectivity index (χ1v) is 5.80. The number of carbonyl (C=O) groups is 1. The molecule has 0 radical (unpaired) electrons. The number of aromatic nitrogens is 1. The summed E-state index contributed by atoms with van der Waals surface area (Å²) in [6, 6.07) is 5.79. The van der Waals surface area contributed by atoms with Gasteiger partial charge in [0, 0.05) is 28.7 Å². The molecule has 1 amide bonds. The maximum absolute atomic E-state index is 12.2. The first kappa shape index (κ1) is 13.5. The van der Waals surface area contributed by atoms with Gasteiger partial charge in [-0.05, 0) is 31.2 Å². The Morgan fingerprint density at radius 3 is 2.79 bits per heavy atom. The molecule has 1 atom stereocenters. The highest BCUT2D eigenvalue weighted by atomic mass is 19.4. The lowest BCUT2D eigenvalue weighted by atomic mass is 10.1. The number of halogens is 3. The summed E-state index contributed by atoms with van der Waals surface area (Å²) in [5, 5.41) is 3.18. The molecule has 0 aliphatic heterocycles. The van der Waals surface area contributed by atoms with E-state index in [0.29, 0.717) is 5.56 Å². The van der Waals surface area contributed by atoms with Crippen LogP contribution >= 0.6 is 0 Å². The number of aromatic amines is 1. The Hall–Kier alpha value is -1.98. The summed E-state index contributed by atoms with van der Waals surface area (Å²) in [5.74, 6) is -0.500. The van der Waals surface area contributed by atoms with Gasteiger partial charge in [0.05, 0.1) is 6.42 Å². The third kappa shape index (κ3) is 3.49. The lowest BCUT2D eigenvalue weighted by molar-refractivity contribution is -0.138. The van der Waals surface area contributed by atoms with Crippen molar-refractivity contribution < 1.29 is 18.0 Å². The van der Waals surface area contributed by atoms with Crippen molar-refractivity contribution in [1.29, 1.82) is 0 Å². The van der Waals surface area contributed by atoms with Crippen LogP contribution < -0.4 is 5.32 Å². The predicted octanol–water partition coefficient (Wildman–Crippen LogP) is 3.24. The summed E-state index contributed by atoms with van der Waals surface area (Å²) >= 11 is 0. The monoisotopic (exact) mass is 270 g/mol. The zero-order valence-corrected chi connectivity index (χ0v) is 10.2. The van der Waals surface area contributed by atoms with Crippen LogP contribution in [-0.4, -0.2) is 23.1 Å². The van der Waals surface area contributed by atoms with Crippen molar-refractivity contribution in [2.75, 3.05) is 0 Å². The number of rotatable bonds is 3. The largest absolute Gasteiger partial charge is 0.391 e. The van der Waals surface area contributed by atoms with Gasteiger partial charge in [0.15, 0.2) is 0 Å². The van der Waals surface area contributed by atoms with E-state index in [2.05, 4.69) is 10.3 Å². The van der Waals surface area contributed by atoms with E-state index in [-0.39, 0.29) is 0 Å². The van der Waals surface area contributed by atoms with E-state index in [4.69, 9.17) is 0 Å². The van der Waals surface area contributed by atoms with E-state index < -0.39 is 24.5 Å². The van der Waals surface area contributed by atoms with Crippen LogP contribution in [0.25, 0.3) is 10.9 Å². The fourth-order valence-electron chi connectivity index (χ4n) is 1.90. The van der Waals surface area contributed by atoms with Crippen LogP contribution in [-0.2, 0) is 0 Å². The Kier molecular flexibility index (Phi) is 3.50. The third-order valence-corrected chi connectivity index (χ3v) is 2.73. The Morgan fingerprint density at radius 1 is 1.37 bits per heavy atom. The van der Waals surface area contributed by atoms with Crippen molar-refractivity contribution >= 4 is 16.8 Å². The minimum absolute atomic E-state index is 0.348. The number of carbonyl (C=O) groups excluding carboxylic acids is 1. The van der Waals surface area contributed by atoms with Crippen LogP contribution in [0.15, 0.2) is 30.5 Å². The Labute approximate surface area is 107 Å². The van der Waals surface area contributed by atoms with E-state index >= 15 is 0 Å². The topological polar surface area (TPSA) is 44.9 Å². The summed E-state index contributed by atoms with van der Waals surface area (Å²) in [6.07, 6.45) is -3.58. The van der Waals surface area contributed by atoms with Gasteiger partial charge in [-0.15, -0.1) is 0 Å². The third-order valence-electron chi connectivity index (χ3n) is 2.73. The average molecular weight is 270 g/mol. The van der Waals surface area contributed by atoms with Crippen LogP contribution in [0.3, 0.4) is 0 Å². The maximum Gasteiger partial charge on any atom is 0.391 e. The molecule has 102 valence electrons. The minimum atomic E-state index is -4.28. The van der Waals surface area contributed by atoms with E-state index in [9.17, 15) is 18.0 Å². The molecular weight excluding hydrogens is 257 g/mol. The van der Waals surface area contributed by atoms with Crippen molar-refractivity contribution in [2.24, 2.45) is 0 Å². The molecule has 0 fully saturated rings. The Bertz CT molecular complexity index is 589. The molecule has 1 heterocycles. The second kappa shape index (κ2) is 4.95. The second-order valence-corrected chi connectivity index (χ2v) is 4.47. The maximum atomic E-state index is 12.2. The van der Waals surface area contributed by atoms with Gasteiger partial charge in [-0.25, -0.2) is 0 Å². The Balaban J connectivity index is 2.07. The van der Waals surface area contributed by atoms with E-state index in [0.717, 1.165) is 10.9 Å². The first-order chi connectivity index (χ1) is 8.85. The molecule has 2 rings (SSSR count). The van der Waals surface area contributed by atoms with Gasteiger partial charge in [-0.1, -0.05) is 0 Å². The molecule has 0 bridgehead atoms. The van der Waals surface area contributed by atoms with E-state index in [1.54, 1.807) is 30.5 Å². The molecule has 0 saturated carbocycles. The standard InChI is InChI=1S/C13H13F3N2O/c1-8(7-13(14,15)16)18-12(19)10-2-3-11-9(6-10)4-5-17-11/h2-6,8,17H,7H2,1H3,(H,18,19). The van der Waals surface area contributed by atoms with E-state index in [1.165, 1.54) is 6.92 Å². The molecule has 0 aliphatic rings. The molecule has 1 aromatic heterocycles. The zero-order valence-electron chi connectivity index (χ0n) is 10.2. The summed E-state index contributed by atoms with van der Waals surface area (Å²) in [7, 11) is 0. The van der Waals surface area contributed by atoms with Gasteiger partial charge in [0.1, 0.15) is 0 Å². The number of fused-ring (bicyclic) bond motifs is 1. The van der Waals surface area contributed by atoms with Crippen LogP contribution in [0.2, 0.25) is 0 Å². The molecule has 0 spiro atoms. The number of amides is 1. The smallest absolute Gasteiger partial charge is 0.361 e. The lowest BCUT2D eigenvalue weighted by Crippen LogP contribution is -2.35. The number of benzene rings is 1. The van der Waals surface area contributed by atoms with Crippen LogP contribution in [0, 0.1) is 0 Å². The molecule has 6 heteroatoms. The quantitative estimate of drug-likeness (QED) is 0.883. The SMILES string of the molecule is CC(CC(F)(F)F)NC(=O)c1ccc2[nH]ccc2c1. The summed E-state index contributed by atoms with van der Waals surface area (Å²) in [5.41, 5.74) is 1.22. The van der Waals surface area contributed by atoms with Gasteiger partial charge < -0.3 is 10.3 Å². The number of nitrogens with one attached hydrogen (secondary N) is 2. The van der Waals surface area contributed by atoms with Crippen LogP contribution in [0.4, 0.5) is 13.2 Å². The highest BCUT2D eigenvalue weighted by Gasteiger charge is 2.30. The van der Waals surface area contributed by atoms with Gasteiger partial charge in [-0.3, -0.25) is 4.79 Å². The molecule has 0 saturated heterocycles. The first-order valence-electron chi connectivity index (χ1n) is 5.80. The van der Waals surface area contributed by atoms with Gasteiger partial charge in [0.2, 0.25) is 0 Å². The highest BCUT2D eigenvalue weighted by Crippen LogP contribution is 2.21. The Morgan fingerprint density at radius 2 is 2.11 bits per heavy atom. The molecule has 2 aromatic rings.